The molecule has 1 amide bonds. The summed E-state index contributed by atoms with van der Waals surface area (Å²) < 4.78 is 0. The van der Waals surface area contributed by atoms with E-state index in [9.17, 15) is 4.79 Å². The van der Waals surface area contributed by atoms with Gasteiger partial charge in [-0.15, -0.1) is 0 Å². The Labute approximate surface area is 90.6 Å². The van der Waals surface area contributed by atoms with Gasteiger partial charge in [0, 0.05) is 11.8 Å². The van der Waals surface area contributed by atoms with Crippen molar-refractivity contribution in [3.05, 3.63) is 46.4 Å². The number of hydrogen-bond donors (Lipinski definition) is 2. The number of hydrazone groups is 1. The molecule has 0 atom stereocenters. The highest BCUT2D eigenvalue weighted by molar-refractivity contribution is 7.08. The number of thiophene rings is 1. The van der Waals surface area contributed by atoms with Gasteiger partial charge in [-0.25, -0.2) is 5.43 Å². The first-order chi connectivity index (χ1) is 7.36. The van der Waals surface area contributed by atoms with Crippen molar-refractivity contribution >= 4 is 23.5 Å². The molecule has 2 rings (SSSR count). The smallest absolute Gasteiger partial charge is 0.287 e. The van der Waals surface area contributed by atoms with E-state index >= 15 is 0 Å². The van der Waals surface area contributed by atoms with Crippen LogP contribution in [0.5, 0.6) is 0 Å². The fraction of sp³-hybridized carbons (Fsp3) is 0. The average Bonchev–Trinajstić information content (AvgIpc) is 2.90. The summed E-state index contributed by atoms with van der Waals surface area (Å²) in [5.74, 6) is -0.244. The summed E-state index contributed by atoms with van der Waals surface area (Å²) in [5.41, 5.74) is 3.90. The van der Waals surface area contributed by atoms with Crippen LogP contribution >= 0.6 is 11.3 Å². The van der Waals surface area contributed by atoms with Gasteiger partial charge in [0.1, 0.15) is 5.69 Å². The van der Waals surface area contributed by atoms with E-state index in [0.717, 1.165) is 5.56 Å². The quantitative estimate of drug-likeness (QED) is 0.600. The monoisotopic (exact) mass is 219 g/mol. The minimum Gasteiger partial charge on any atom is -0.357 e. The Morgan fingerprint density at radius 3 is 3.13 bits per heavy atom. The third-order valence-corrected chi connectivity index (χ3v) is 2.47. The van der Waals surface area contributed by atoms with Gasteiger partial charge in [-0.1, -0.05) is 0 Å². The molecule has 0 aliphatic carbocycles. The molecule has 2 aromatic heterocycles. The van der Waals surface area contributed by atoms with Crippen molar-refractivity contribution in [2.24, 2.45) is 5.10 Å². The van der Waals surface area contributed by atoms with Gasteiger partial charge in [-0.2, -0.15) is 16.4 Å². The normalized spacial score (nSPS) is 10.7. The highest BCUT2D eigenvalue weighted by atomic mass is 32.1. The van der Waals surface area contributed by atoms with Crippen molar-refractivity contribution < 1.29 is 4.79 Å². The molecule has 0 aromatic carbocycles. The lowest BCUT2D eigenvalue weighted by atomic mass is 10.4. The second-order valence-corrected chi connectivity index (χ2v) is 3.62. The van der Waals surface area contributed by atoms with Crippen LogP contribution in [0.1, 0.15) is 16.1 Å². The number of aromatic nitrogens is 1. The molecule has 0 radical (unpaired) electrons. The van der Waals surface area contributed by atoms with E-state index in [1.807, 2.05) is 16.8 Å². The number of H-pyrrole nitrogens is 1. The minimum atomic E-state index is -0.244. The lowest BCUT2D eigenvalue weighted by molar-refractivity contribution is 0.0951. The number of amides is 1. The van der Waals surface area contributed by atoms with Gasteiger partial charge >= 0.3 is 0 Å². The molecule has 0 bridgehead atoms. The molecule has 2 N–H and O–H groups in total. The van der Waals surface area contributed by atoms with Gasteiger partial charge in [0.15, 0.2) is 0 Å². The molecular weight excluding hydrogens is 210 g/mol. The van der Waals surface area contributed by atoms with E-state index in [0.29, 0.717) is 5.69 Å². The summed E-state index contributed by atoms with van der Waals surface area (Å²) in [4.78, 5) is 14.2. The second-order valence-electron chi connectivity index (χ2n) is 2.84. The van der Waals surface area contributed by atoms with Crippen molar-refractivity contribution in [3.8, 4) is 0 Å². The van der Waals surface area contributed by atoms with Crippen LogP contribution < -0.4 is 5.43 Å². The van der Waals surface area contributed by atoms with Crippen molar-refractivity contribution in [1.29, 1.82) is 0 Å². The fourth-order valence-corrected chi connectivity index (χ4v) is 1.66. The number of nitrogens with one attached hydrogen (secondary N) is 2. The Morgan fingerprint density at radius 1 is 1.53 bits per heavy atom. The fourth-order valence-electron chi connectivity index (χ4n) is 1.05. The van der Waals surface area contributed by atoms with Crippen LogP contribution in [0.25, 0.3) is 0 Å². The van der Waals surface area contributed by atoms with Crippen molar-refractivity contribution in [2.45, 2.75) is 0 Å². The Bertz CT molecular complexity index is 445. The lowest BCUT2D eigenvalue weighted by Crippen LogP contribution is -2.17. The zero-order valence-corrected chi connectivity index (χ0v) is 8.62. The molecule has 0 fully saturated rings. The lowest BCUT2D eigenvalue weighted by Gasteiger charge is -1.94. The highest BCUT2D eigenvalue weighted by Gasteiger charge is 2.02. The van der Waals surface area contributed by atoms with Crippen molar-refractivity contribution in [2.75, 3.05) is 0 Å². The molecule has 0 aliphatic heterocycles. The van der Waals surface area contributed by atoms with E-state index in [1.165, 1.54) is 0 Å². The maximum absolute atomic E-state index is 11.4. The summed E-state index contributed by atoms with van der Waals surface area (Å²) in [6.07, 6.45) is 3.30. The minimum absolute atomic E-state index is 0.244. The number of rotatable bonds is 3. The SMILES string of the molecule is O=C(N/N=C\c1ccsc1)c1ccc[nH]1. The van der Waals surface area contributed by atoms with Gasteiger partial charge in [-0.05, 0) is 29.0 Å². The topological polar surface area (TPSA) is 57.2 Å². The van der Waals surface area contributed by atoms with Crippen LogP contribution in [0.3, 0.4) is 0 Å². The first-order valence-corrected chi connectivity index (χ1v) is 5.29. The Kier molecular flexibility index (Phi) is 2.94. The van der Waals surface area contributed by atoms with E-state index in [2.05, 4.69) is 15.5 Å². The van der Waals surface area contributed by atoms with Crippen LogP contribution in [-0.2, 0) is 0 Å². The average molecular weight is 219 g/mol. The number of aromatic amines is 1. The molecule has 0 unspecified atom stereocenters. The summed E-state index contributed by atoms with van der Waals surface area (Å²) in [7, 11) is 0. The number of carbonyl (C=O) groups is 1. The summed E-state index contributed by atoms with van der Waals surface area (Å²) in [6.45, 7) is 0. The Balaban J connectivity index is 1.91. The third kappa shape index (κ3) is 2.54. The molecule has 2 heterocycles. The maximum atomic E-state index is 11.4. The summed E-state index contributed by atoms with van der Waals surface area (Å²) in [5, 5.41) is 7.73. The molecule has 15 heavy (non-hydrogen) atoms. The molecule has 0 saturated carbocycles. The standard InChI is InChI=1S/C10H9N3OS/c14-10(9-2-1-4-11-9)13-12-6-8-3-5-15-7-8/h1-7,11H,(H,13,14)/b12-6-. The first kappa shape index (κ1) is 9.67. The van der Waals surface area contributed by atoms with E-state index in [1.54, 1.807) is 35.9 Å². The molecule has 0 aliphatic rings. The van der Waals surface area contributed by atoms with Gasteiger partial charge < -0.3 is 4.98 Å². The van der Waals surface area contributed by atoms with Gasteiger partial charge in [0.05, 0.1) is 6.21 Å². The van der Waals surface area contributed by atoms with E-state index in [4.69, 9.17) is 0 Å². The third-order valence-electron chi connectivity index (χ3n) is 1.77. The van der Waals surface area contributed by atoms with Crippen LogP contribution in [0, 0.1) is 0 Å². The largest absolute Gasteiger partial charge is 0.357 e. The van der Waals surface area contributed by atoms with Crippen LogP contribution in [-0.4, -0.2) is 17.1 Å². The number of hydrogen-bond acceptors (Lipinski definition) is 3. The molecule has 0 spiro atoms. The first-order valence-electron chi connectivity index (χ1n) is 4.35. The molecule has 4 nitrogen and oxygen atoms in total. The number of carbonyl (C=O) groups excluding carboxylic acids is 1. The maximum Gasteiger partial charge on any atom is 0.287 e. The Morgan fingerprint density at radius 2 is 2.47 bits per heavy atom. The molecular formula is C10H9N3OS. The summed E-state index contributed by atoms with van der Waals surface area (Å²) in [6, 6.07) is 5.38. The van der Waals surface area contributed by atoms with Gasteiger partial charge in [0.2, 0.25) is 0 Å². The molecule has 2 aromatic rings. The van der Waals surface area contributed by atoms with Crippen molar-refractivity contribution in [1.82, 2.24) is 10.4 Å². The number of nitrogens with zero attached hydrogens (tertiary/aromatic N) is 1. The van der Waals surface area contributed by atoms with Gasteiger partial charge in [-0.3, -0.25) is 4.79 Å². The molecule has 0 saturated heterocycles. The van der Waals surface area contributed by atoms with Gasteiger partial charge in [0.25, 0.3) is 5.91 Å². The second kappa shape index (κ2) is 4.56. The molecule has 5 heteroatoms. The van der Waals surface area contributed by atoms with Crippen LogP contribution in [0.15, 0.2) is 40.3 Å². The van der Waals surface area contributed by atoms with Crippen molar-refractivity contribution in [3.63, 3.8) is 0 Å². The molecule has 76 valence electrons. The Hall–Kier alpha value is -1.88. The zero-order valence-electron chi connectivity index (χ0n) is 7.81. The van der Waals surface area contributed by atoms with E-state index < -0.39 is 0 Å². The predicted molar refractivity (Wildman–Crippen MR) is 60.2 cm³/mol. The summed E-state index contributed by atoms with van der Waals surface area (Å²) >= 11 is 1.59. The highest BCUT2D eigenvalue weighted by Crippen LogP contribution is 2.02. The predicted octanol–water partition coefficient (Wildman–Crippen LogP) is 1.84. The van der Waals surface area contributed by atoms with Crippen LogP contribution in [0.2, 0.25) is 0 Å². The van der Waals surface area contributed by atoms with Crippen LogP contribution in [0.4, 0.5) is 0 Å². The van der Waals surface area contributed by atoms with E-state index in [-0.39, 0.29) is 5.91 Å². The zero-order chi connectivity index (χ0) is 10.5.